The molecule has 1 aliphatic rings. The lowest BCUT2D eigenvalue weighted by Gasteiger charge is -2.37. The molecule has 0 radical (unpaired) electrons. The second-order valence-corrected chi connectivity index (χ2v) is 5.64. The Kier molecular flexibility index (Phi) is 3.72. The summed E-state index contributed by atoms with van der Waals surface area (Å²) in [7, 11) is 0. The number of anilines is 1. The van der Waals surface area contributed by atoms with Crippen LogP contribution in [0.5, 0.6) is 0 Å². The number of aliphatic hydroxyl groups is 1. The summed E-state index contributed by atoms with van der Waals surface area (Å²) in [4.78, 5) is 2.43. The first-order chi connectivity index (χ1) is 8.10. The molecule has 2 rings (SSSR count). The van der Waals surface area contributed by atoms with E-state index >= 15 is 0 Å². The number of hydrogen-bond donors (Lipinski definition) is 1. The zero-order valence-corrected chi connectivity index (χ0v) is 11.1. The number of rotatable bonds is 2. The Morgan fingerprint density at radius 2 is 1.88 bits per heavy atom. The van der Waals surface area contributed by atoms with E-state index in [1.807, 2.05) is 0 Å². The summed E-state index contributed by atoms with van der Waals surface area (Å²) < 4.78 is 0. The van der Waals surface area contributed by atoms with Gasteiger partial charge in [0.2, 0.25) is 0 Å². The van der Waals surface area contributed by atoms with E-state index in [9.17, 15) is 5.11 Å². The first-order valence-corrected chi connectivity index (χ1v) is 6.55. The molecule has 1 saturated heterocycles. The van der Waals surface area contributed by atoms with Crippen molar-refractivity contribution in [1.29, 1.82) is 0 Å². The average Bonchev–Trinajstić information content (AvgIpc) is 2.27. The van der Waals surface area contributed by atoms with Crippen molar-refractivity contribution in [2.75, 3.05) is 18.0 Å². The van der Waals surface area contributed by atoms with Crippen LogP contribution in [-0.4, -0.2) is 18.2 Å². The van der Waals surface area contributed by atoms with Crippen LogP contribution in [0.2, 0.25) is 0 Å². The predicted octanol–water partition coefficient (Wildman–Crippen LogP) is 2.97. The highest BCUT2D eigenvalue weighted by molar-refractivity contribution is 5.55. The first-order valence-electron chi connectivity index (χ1n) is 6.55. The minimum absolute atomic E-state index is 0.135. The van der Waals surface area contributed by atoms with Crippen LogP contribution in [0.25, 0.3) is 0 Å². The van der Waals surface area contributed by atoms with Crippen molar-refractivity contribution < 1.29 is 5.11 Å². The molecule has 2 heteroatoms. The van der Waals surface area contributed by atoms with Gasteiger partial charge < -0.3 is 10.0 Å². The highest BCUT2D eigenvalue weighted by atomic mass is 16.3. The van der Waals surface area contributed by atoms with Gasteiger partial charge in [-0.25, -0.2) is 0 Å². The van der Waals surface area contributed by atoms with E-state index in [-0.39, 0.29) is 6.61 Å². The Labute approximate surface area is 104 Å². The quantitative estimate of drug-likeness (QED) is 0.849. The van der Waals surface area contributed by atoms with Crippen molar-refractivity contribution in [3.63, 3.8) is 0 Å². The molecule has 0 bridgehead atoms. The van der Waals surface area contributed by atoms with Crippen LogP contribution in [-0.2, 0) is 6.61 Å². The molecule has 17 heavy (non-hydrogen) atoms. The van der Waals surface area contributed by atoms with Crippen molar-refractivity contribution in [1.82, 2.24) is 0 Å². The van der Waals surface area contributed by atoms with Crippen LogP contribution < -0.4 is 4.90 Å². The van der Waals surface area contributed by atoms with Crippen molar-refractivity contribution in [3.8, 4) is 0 Å². The van der Waals surface area contributed by atoms with E-state index in [0.29, 0.717) is 0 Å². The monoisotopic (exact) mass is 233 g/mol. The molecule has 2 nitrogen and oxygen atoms in total. The van der Waals surface area contributed by atoms with Crippen LogP contribution in [0.4, 0.5) is 5.69 Å². The molecule has 1 heterocycles. The molecule has 1 fully saturated rings. The molecule has 2 unspecified atom stereocenters. The molecule has 1 aliphatic heterocycles. The standard InChI is InChI=1S/C15H23NO/c1-11-4-5-15(14(7-11)10-17)16-8-12(2)6-13(3)9-16/h4-5,7,12-13,17H,6,8-10H2,1-3H3. The van der Waals surface area contributed by atoms with Crippen LogP contribution in [0, 0.1) is 18.8 Å². The van der Waals surface area contributed by atoms with E-state index in [2.05, 4.69) is 43.9 Å². The highest BCUT2D eigenvalue weighted by Gasteiger charge is 2.23. The Balaban J connectivity index is 2.26. The maximum absolute atomic E-state index is 9.48. The third-order valence-corrected chi connectivity index (χ3v) is 3.61. The molecular weight excluding hydrogens is 210 g/mol. The molecule has 1 aromatic carbocycles. The predicted molar refractivity (Wildman–Crippen MR) is 72.3 cm³/mol. The summed E-state index contributed by atoms with van der Waals surface area (Å²) in [6.07, 6.45) is 1.32. The number of hydrogen-bond acceptors (Lipinski definition) is 2. The van der Waals surface area contributed by atoms with Gasteiger partial charge in [0, 0.05) is 24.3 Å². The molecule has 1 aromatic rings. The van der Waals surface area contributed by atoms with Crippen molar-refractivity contribution in [2.45, 2.75) is 33.8 Å². The highest BCUT2D eigenvalue weighted by Crippen LogP contribution is 2.29. The summed E-state index contributed by atoms with van der Waals surface area (Å²) in [5.41, 5.74) is 3.50. The summed E-state index contributed by atoms with van der Waals surface area (Å²) in [5.74, 6) is 1.48. The van der Waals surface area contributed by atoms with Gasteiger partial charge in [-0.15, -0.1) is 0 Å². The van der Waals surface area contributed by atoms with E-state index in [4.69, 9.17) is 0 Å². The molecule has 0 saturated carbocycles. The van der Waals surface area contributed by atoms with E-state index < -0.39 is 0 Å². The lowest BCUT2D eigenvalue weighted by atomic mass is 9.91. The van der Waals surface area contributed by atoms with Gasteiger partial charge >= 0.3 is 0 Å². The second-order valence-electron chi connectivity index (χ2n) is 5.64. The fourth-order valence-electron chi connectivity index (χ4n) is 3.01. The fourth-order valence-corrected chi connectivity index (χ4v) is 3.01. The Hall–Kier alpha value is -1.02. The third-order valence-electron chi connectivity index (χ3n) is 3.61. The lowest BCUT2D eigenvalue weighted by Crippen LogP contribution is -2.39. The van der Waals surface area contributed by atoms with Crippen LogP contribution in [0.1, 0.15) is 31.4 Å². The lowest BCUT2D eigenvalue weighted by molar-refractivity contribution is 0.280. The van der Waals surface area contributed by atoms with Crippen molar-refractivity contribution >= 4 is 5.69 Å². The molecule has 94 valence electrons. The van der Waals surface area contributed by atoms with Crippen LogP contribution in [0.15, 0.2) is 18.2 Å². The van der Waals surface area contributed by atoms with Gasteiger partial charge in [-0.3, -0.25) is 0 Å². The number of piperidine rings is 1. The molecular formula is C15H23NO. The normalized spacial score (nSPS) is 25.1. The fraction of sp³-hybridized carbons (Fsp3) is 0.600. The minimum Gasteiger partial charge on any atom is -0.392 e. The zero-order chi connectivity index (χ0) is 12.4. The summed E-state index contributed by atoms with van der Waals surface area (Å²) in [6.45, 7) is 9.06. The maximum atomic E-state index is 9.48. The molecule has 0 aromatic heterocycles. The van der Waals surface area contributed by atoms with Crippen molar-refractivity contribution in [2.24, 2.45) is 11.8 Å². The van der Waals surface area contributed by atoms with Crippen LogP contribution >= 0.6 is 0 Å². The smallest absolute Gasteiger partial charge is 0.0702 e. The first kappa shape index (κ1) is 12.4. The second kappa shape index (κ2) is 5.09. The van der Waals surface area contributed by atoms with Crippen LogP contribution in [0.3, 0.4) is 0 Å². The summed E-state index contributed by atoms with van der Waals surface area (Å²) in [6, 6.07) is 6.39. The van der Waals surface area contributed by atoms with E-state index in [1.54, 1.807) is 0 Å². The van der Waals surface area contributed by atoms with Gasteiger partial charge in [-0.2, -0.15) is 0 Å². The Morgan fingerprint density at radius 3 is 2.47 bits per heavy atom. The number of aryl methyl sites for hydroxylation is 1. The Morgan fingerprint density at radius 1 is 1.24 bits per heavy atom. The van der Waals surface area contributed by atoms with Gasteiger partial charge in [0.15, 0.2) is 0 Å². The maximum Gasteiger partial charge on any atom is 0.0702 e. The number of aliphatic hydroxyl groups excluding tert-OH is 1. The minimum atomic E-state index is 0.135. The number of nitrogens with zero attached hydrogens (tertiary/aromatic N) is 1. The van der Waals surface area contributed by atoms with Gasteiger partial charge in [0.25, 0.3) is 0 Å². The van der Waals surface area contributed by atoms with E-state index in [0.717, 1.165) is 30.5 Å². The zero-order valence-electron chi connectivity index (χ0n) is 11.1. The molecule has 2 atom stereocenters. The molecule has 0 aliphatic carbocycles. The topological polar surface area (TPSA) is 23.5 Å². The number of benzene rings is 1. The third kappa shape index (κ3) is 2.81. The molecule has 0 spiro atoms. The Bertz CT molecular complexity index is 379. The SMILES string of the molecule is Cc1ccc(N2CC(C)CC(C)C2)c(CO)c1. The van der Waals surface area contributed by atoms with Gasteiger partial charge in [-0.05, 0) is 31.2 Å². The van der Waals surface area contributed by atoms with Gasteiger partial charge in [-0.1, -0.05) is 31.5 Å². The summed E-state index contributed by atoms with van der Waals surface area (Å²) >= 11 is 0. The molecule has 1 N–H and O–H groups in total. The summed E-state index contributed by atoms with van der Waals surface area (Å²) in [5, 5.41) is 9.48. The average molecular weight is 233 g/mol. The van der Waals surface area contributed by atoms with E-state index in [1.165, 1.54) is 17.7 Å². The van der Waals surface area contributed by atoms with Gasteiger partial charge in [0.1, 0.15) is 0 Å². The van der Waals surface area contributed by atoms with Crippen molar-refractivity contribution in [3.05, 3.63) is 29.3 Å². The largest absolute Gasteiger partial charge is 0.392 e. The molecule has 0 amide bonds. The van der Waals surface area contributed by atoms with Gasteiger partial charge in [0.05, 0.1) is 6.61 Å².